The summed E-state index contributed by atoms with van der Waals surface area (Å²) in [5.41, 5.74) is 0. The largest absolute Gasteiger partial charge is 0.726 e. The standard InChI is InChI=1S/C12H24O12S2/c13-1-5(15)10(19)11(20)12(24-26(21,22)23)7(17)4-25-3-6(16)9(18)8(25)2-14/h5-20H,1-4H2/t5?,6-,7-,8-,9+,10?,11+,12-,25?/m1/s1. The number of rotatable bonds is 10. The summed E-state index contributed by atoms with van der Waals surface area (Å²) in [6.07, 6.45) is -12.8. The summed E-state index contributed by atoms with van der Waals surface area (Å²) in [4.78, 5) is 0. The highest BCUT2D eigenvalue weighted by molar-refractivity contribution is 7.97. The van der Waals surface area contributed by atoms with E-state index in [4.69, 9.17) is 5.11 Å². The molecule has 1 rings (SSSR count). The Labute approximate surface area is 152 Å². The molecule has 0 aromatic heterocycles. The molecule has 0 amide bonds. The van der Waals surface area contributed by atoms with Crippen LogP contribution in [0.15, 0.2) is 0 Å². The van der Waals surface area contributed by atoms with Gasteiger partial charge >= 0.3 is 0 Å². The van der Waals surface area contributed by atoms with E-state index in [0.29, 0.717) is 0 Å². The summed E-state index contributed by atoms with van der Waals surface area (Å²) in [5, 5.41) is 75.8. The lowest BCUT2D eigenvalue weighted by molar-refractivity contribution is -0.129. The van der Waals surface area contributed by atoms with Gasteiger partial charge in [0.05, 0.1) is 13.2 Å². The Morgan fingerprint density at radius 2 is 1.65 bits per heavy atom. The van der Waals surface area contributed by atoms with Gasteiger partial charge in [0.15, 0.2) is 5.25 Å². The summed E-state index contributed by atoms with van der Waals surface area (Å²) in [6.45, 7) is -1.53. The van der Waals surface area contributed by atoms with Crippen molar-refractivity contribution in [2.45, 2.75) is 48.0 Å². The minimum atomic E-state index is -5.42. The van der Waals surface area contributed by atoms with Crippen LogP contribution in [0.2, 0.25) is 0 Å². The Morgan fingerprint density at radius 1 is 1.08 bits per heavy atom. The van der Waals surface area contributed by atoms with Crippen molar-refractivity contribution < 1.29 is 58.0 Å². The van der Waals surface area contributed by atoms with E-state index >= 15 is 0 Å². The van der Waals surface area contributed by atoms with E-state index < -0.39 is 82.5 Å². The van der Waals surface area contributed by atoms with E-state index in [0.717, 1.165) is 0 Å². The molecule has 1 fully saturated rings. The highest BCUT2D eigenvalue weighted by atomic mass is 32.3. The van der Waals surface area contributed by atoms with Crippen LogP contribution in [0.5, 0.6) is 0 Å². The van der Waals surface area contributed by atoms with Crippen molar-refractivity contribution in [3.8, 4) is 0 Å². The fraction of sp³-hybridized carbons (Fsp3) is 1.00. The lowest BCUT2D eigenvalue weighted by Gasteiger charge is -2.31. The van der Waals surface area contributed by atoms with Crippen molar-refractivity contribution in [1.82, 2.24) is 0 Å². The first-order valence-corrected chi connectivity index (χ1v) is 10.5. The van der Waals surface area contributed by atoms with Crippen LogP contribution in [0.3, 0.4) is 0 Å². The lowest BCUT2D eigenvalue weighted by atomic mass is 10.0. The first kappa shape index (κ1) is 23.9. The maximum Gasteiger partial charge on any atom is 0.218 e. The summed E-state index contributed by atoms with van der Waals surface area (Å²) in [6, 6.07) is 0. The van der Waals surface area contributed by atoms with Gasteiger partial charge in [0.25, 0.3) is 0 Å². The second-order valence-corrected chi connectivity index (χ2v) is 9.27. The zero-order valence-corrected chi connectivity index (χ0v) is 15.1. The molecule has 14 heteroatoms. The zero-order valence-electron chi connectivity index (χ0n) is 13.5. The van der Waals surface area contributed by atoms with Gasteiger partial charge in [0.2, 0.25) is 10.4 Å². The SMILES string of the molecule is O=S(=O)([O-])O[C@H]([C@H](O)C[S+]1C[C@@H](O)[C@H](O)[C@H]1CO)[C@@H](O)C(O)C(O)CO. The van der Waals surface area contributed by atoms with E-state index in [-0.39, 0.29) is 11.5 Å². The molecule has 12 nitrogen and oxygen atoms in total. The van der Waals surface area contributed by atoms with Gasteiger partial charge in [0, 0.05) is 10.9 Å². The predicted octanol–water partition coefficient (Wildman–Crippen LogP) is -6.02. The summed E-state index contributed by atoms with van der Waals surface area (Å²) in [7, 11) is -6.45. The molecule has 9 atom stereocenters. The van der Waals surface area contributed by atoms with Gasteiger partial charge < -0.3 is 45.4 Å². The van der Waals surface area contributed by atoms with Crippen LogP contribution in [0.25, 0.3) is 0 Å². The van der Waals surface area contributed by atoms with Gasteiger partial charge in [-0.2, -0.15) is 0 Å². The molecule has 0 saturated carbocycles. The average Bonchev–Trinajstić information content (AvgIpc) is 2.82. The van der Waals surface area contributed by atoms with Gasteiger partial charge in [-0.05, 0) is 0 Å². The maximum atomic E-state index is 10.9. The molecule has 0 bridgehead atoms. The summed E-state index contributed by atoms with van der Waals surface area (Å²) >= 11 is 0. The molecule has 1 heterocycles. The zero-order chi connectivity index (χ0) is 20.2. The first-order valence-electron chi connectivity index (χ1n) is 7.53. The molecule has 1 saturated heterocycles. The maximum absolute atomic E-state index is 10.9. The molecule has 26 heavy (non-hydrogen) atoms. The highest BCUT2D eigenvalue weighted by Gasteiger charge is 2.51. The first-order chi connectivity index (χ1) is 11.9. The van der Waals surface area contributed by atoms with Crippen LogP contribution in [0.4, 0.5) is 0 Å². The Hall–Kier alpha value is -0.100. The molecule has 3 unspecified atom stereocenters. The number of aliphatic hydroxyl groups excluding tert-OH is 8. The van der Waals surface area contributed by atoms with Gasteiger partial charge in [0.1, 0.15) is 54.2 Å². The molecule has 1 aliphatic rings. The van der Waals surface area contributed by atoms with Crippen molar-refractivity contribution in [2.75, 3.05) is 24.7 Å². The average molecular weight is 424 g/mol. The third-order valence-corrected chi connectivity index (χ3v) is 7.31. The summed E-state index contributed by atoms with van der Waals surface area (Å²) in [5.74, 6) is -0.406. The van der Waals surface area contributed by atoms with E-state index in [9.17, 15) is 48.7 Å². The van der Waals surface area contributed by atoms with Gasteiger partial charge in [-0.15, -0.1) is 0 Å². The summed E-state index contributed by atoms with van der Waals surface area (Å²) < 4.78 is 36.7. The Bertz CT molecular complexity index is 530. The van der Waals surface area contributed by atoms with Crippen LogP contribution >= 0.6 is 0 Å². The highest BCUT2D eigenvalue weighted by Crippen LogP contribution is 2.26. The van der Waals surface area contributed by atoms with Crippen molar-refractivity contribution in [2.24, 2.45) is 0 Å². The van der Waals surface area contributed by atoms with Crippen LogP contribution in [-0.2, 0) is 25.5 Å². The fourth-order valence-corrected chi connectivity index (χ4v) is 5.82. The van der Waals surface area contributed by atoms with Crippen LogP contribution in [0, 0.1) is 0 Å². The smallest absolute Gasteiger partial charge is 0.218 e. The number of hydrogen-bond acceptors (Lipinski definition) is 12. The molecule has 0 aliphatic carbocycles. The minimum Gasteiger partial charge on any atom is -0.726 e. The number of aliphatic hydroxyl groups is 8. The topological polar surface area (TPSA) is 228 Å². The molecule has 156 valence electrons. The molecule has 8 N–H and O–H groups in total. The fourth-order valence-electron chi connectivity index (χ4n) is 2.62. The Balaban J connectivity index is 2.95. The van der Waals surface area contributed by atoms with Crippen LogP contribution in [0.1, 0.15) is 0 Å². The monoisotopic (exact) mass is 424 g/mol. The normalized spacial score (nSPS) is 32.8. The molecule has 0 aromatic rings. The molecule has 0 aromatic carbocycles. The van der Waals surface area contributed by atoms with Gasteiger partial charge in [-0.25, -0.2) is 8.42 Å². The van der Waals surface area contributed by atoms with E-state index in [1.807, 2.05) is 0 Å². The van der Waals surface area contributed by atoms with Gasteiger partial charge in [-0.1, -0.05) is 0 Å². The van der Waals surface area contributed by atoms with Crippen molar-refractivity contribution >= 4 is 21.3 Å². The third-order valence-electron chi connectivity index (χ3n) is 4.03. The van der Waals surface area contributed by atoms with Crippen LogP contribution < -0.4 is 0 Å². The number of hydrogen-bond donors (Lipinski definition) is 8. The molecule has 0 spiro atoms. The quantitative estimate of drug-likeness (QED) is 0.0931. The van der Waals surface area contributed by atoms with E-state index in [1.54, 1.807) is 0 Å². The molecular weight excluding hydrogens is 400 g/mol. The second kappa shape index (κ2) is 9.90. The lowest BCUT2D eigenvalue weighted by Crippen LogP contribution is -2.53. The van der Waals surface area contributed by atoms with Crippen molar-refractivity contribution in [3.63, 3.8) is 0 Å². The van der Waals surface area contributed by atoms with Crippen molar-refractivity contribution in [1.29, 1.82) is 0 Å². The van der Waals surface area contributed by atoms with Crippen molar-refractivity contribution in [3.05, 3.63) is 0 Å². The molecular formula is C12H24O12S2. The van der Waals surface area contributed by atoms with Gasteiger partial charge in [-0.3, -0.25) is 4.18 Å². The van der Waals surface area contributed by atoms with Crippen LogP contribution in [-0.4, -0.2) is 127 Å². The van der Waals surface area contributed by atoms with E-state index in [1.165, 1.54) is 0 Å². The Morgan fingerprint density at radius 3 is 2.12 bits per heavy atom. The molecule has 1 aliphatic heterocycles. The van der Waals surface area contributed by atoms with E-state index in [2.05, 4.69) is 4.18 Å². The Kier molecular flexibility index (Phi) is 9.12. The predicted molar refractivity (Wildman–Crippen MR) is 85.7 cm³/mol. The second-order valence-electron chi connectivity index (χ2n) is 5.92. The minimum absolute atomic E-state index is 0.0296. The third kappa shape index (κ3) is 6.22. The molecule has 0 radical (unpaired) electrons.